The Kier molecular flexibility index (Phi) is 4.36. The molecule has 0 spiro atoms. The number of benzene rings is 1. The molecule has 0 amide bonds. The second kappa shape index (κ2) is 5.81. The first-order chi connectivity index (χ1) is 8.36. The summed E-state index contributed by atoms with van der Waals surface area (Å²) in [5.41, 5.74) is 7.51. The van der Waals surface area contributed by atoms with Crippen molar-refractivity contribution in [2.45, 2.75) is 31.7 Å². The number of nitrogens with two attached hydrogens (primary N) is 1. The minimum absolute atomic E-state index is 0. The van der Waals surface area contributed by atoms with E-state index < -0.39 is 0 Å². The van der Waals surface area contributed by atoms with Gasteiger partial charge in [0.1, 0.15) is 13.2 Å². The van der Waals surface area contributed by atoms with Gasteiger partial charge in [0, 0.05) is 11.6 Å². The van der Waals surface area contributed by atoms with Crippen LogP contribution in [0.4, 0.5) is 0 Å². The van der Waals surface area contributed by atoms with Crippen molar-refractivity contribution >= 4 is 12.4 Å². The predicted molar refractivity (Wildman–Crippen MR) is 73.6 cm³/mol. The van der Waals surface area contributed by atoms with Gasteiger partial charge < -0.3 is 15.2 Å². The zero-order valence-electron chi connectivity index (χ0n) is 10.4. The van der Waals surface area contributed by atoms with E-state index in [0.717, 1.165) is 17.1 Å². The van der Waals surface area contributed by atoms with Crippen molar-refractivity contribution in [2.24, 2.45) is 11.7 Å². The number of rotatable bonds is 2. The highest BCUT2D eigenvalue weighted by Gasteiger charge is 2.27. The lowest BCUT2D eigenvalue weighted by atomic mass is 9.91. The van der Waals surface area contributed by atoms with Crippen LogP contribution in [0.25, 0.3) is 0 Å². The summed E-state index contributed by atoms with van der Waals surface area (Å²) in [7, 11) is 0. The van der Waals surface area contributed by atoms with E-state index >= 15 is 0 Å². The van der Waals surface area contributed by atoms with E-state index in [9.17, 15) is 0 Å². The van der Waals surface area contributed by atoms with E-state index in [2.05, 4.69) is 6.07 Å². The molecule has 3 nitrogen and oxygen atoms in total. The molecule has 1 aliphatic carbocycles. The predicted octanol–water partition coefficient (Wildman–Crippen LogP) is 3.07. The second-order valence-corrected chi connectivity index (χ2v) is 4.94. The molecule has 100 valence electrons. The summed E-state index contributed by atoms with van der Waals surface area (Å²) in [6.07, 6.45) is 5.10. The number of halogens is 1. The van der Waals surface area contributed by atoms with Crippen LogP contribution < -0.4 is 15.2 Å². The Morgan fingerprint density at radius 2 is 1.83 bits per heavy atom. The highest BCUT2D eigenvalue weighted by Crippen LogP contribution is 2.42. The topological polar surface area (TPSA) is 44.5 Å². The molecule has 2 N–H and O–H groups in total. The molecule has 1 fully saturated rings. The van der Waals surface area contributed by atoms with Gasteiger partial charge in [-0.3, -0.25) is 0 Å². The lowest BCUT2D eigenvalue weighted by molar-refractivity contribution is 0.168. The third kappa shape index (κ3) is 2.43. The summed E-state index contributed by atoms with van der Waals surface area (Å²) < 4.78 is 11.3. The van der Waals surface area contributed by atoms with E-state index in [1.807, 2.05) is 12.1 Å². The molecule has 3 rings (SSSR count). The molecular weight excluding hydrogens is 250 g/mol. The summed E-state index contributed by atoms with van der Waals surface area (Å²) in [6.45, 7) is 1.26. The van der Waals surface area contributed by atoms with Gasteiger partial charge in [0.05, 0.1) is 0 Å². The van der Waals surface area contributed by atoms with Crippen LogP contribution in [0.3, 0.4) is 0 Å². The Hall–Kier alpha value is -0.930. The van der Waals surface area contributed by atoms with Gasteiger partial charge in [0.25, 0.3) is 0 Å². The van der Waals surface area contributed by atoms with E-state index in [4.69, 9.17) is 15.2 Å². The highest BCUT2D eigenvalue weighted by atomic mass is 35.5. The van der Waals surface area contributed by atoms with E-state index in [-0.39, 0.29) is 18.4 Å². The summed E-state index contributed by atoms with van der Waals surface area (Å²) in [6, 6.07) is 6.14. The quantitative estimate of drug-likeness (QED) is 0.897. The van der Waals surface area contributed by atoms with Crippen LogP contribution in [0.1, 0.15) is 37.3 Å². The Labute approximate surface area is 114 Å². The normalized spacial score (nSPS) is 20.3. The number of para-hydroxylation sites is 1. The Morgan fingerprint density at radius 1 is 1.11 bits per heavy atom. The summed E-state index contributed by atoms with van der Waals surface area (Å²) in [4.78, 5) is 0. The SMILES string of the molecule is Cl.N[C@@H](c1cccc2c1OCCO2)C1CCCC1. The van der Waals surface area contributed by atoms with Crippen LogP contribution in [0.5, 0.6) is 11.5 Å². The van der Waals surface area contributed by atoms with Gasteiger partial charge in [-0.15, -0.1) is 12.4 Å². The first-order valence-electron chi connectivity index (χ1n) is 6.50. The van der Waals surface area contributed by atoms with E-state index in [1.54, 1.807) is 0 Å². The molecule has 0 saturated heterocycles. The van der Waals surface area contributed by atoms with Gasteiger partial charge in [0.2, 0.25) is 0 Å². The van der Waals surface area contributed by atoms with E-state index in [0.29, 0.717) is 19.1 Å². The molecule has 18 heavy (non-hydrogen) atoms. The molecule has 4 heteroatoms. The lowest BCUT2D eigenvalue weighted by Gasteiger charge is -2.26. The Balaban J connectivity index is 0.00000120. The molecule has 0 radical (unpaired) electrons. The number of hydrogen-bond acceptors (Lipinski definition) is 3. The van der Waals surface area contributed by atoms with Gasteiger partial charge >= 0.3 is 0 Å². The minimum atomic E-state index is 0. The van der Waals surface area contributed by atoms with Crippen molar-refractivity contribution in [1.82, 2.24) is 0 Å². The maximum atomic E-state index is 6.39. The Bertz CT molecular complexity index is 405. The summed E-state index contributed by atoms with van der Waals surface area (Å²) in [5, 5.41) is 0. The first-order valence-corrected chi connectivity index (χ1v) is 6.50. The van der Waals surface area contributed by atoms with Gasteiger partial charge in [-0.05, 0) is 24.8 Å². The zero-order chi connectivity index (χ0) is 11.7. The van der Waals surface area contributed by atoms with Crippen molar-refractivity contribution in [1.29, 1.82) is 0 Å². The molecule has 0 aromatic heterocycles. The van der Waals surface area contributed by atoms with Crippen LogP contribution in [0, 0.1) is 5.92 Å². The van der Waals surface area contributed by atoms with Crippen LogP contribution in [-0.2, 0) is 0 Å². The smallest absolute Gasteiger partial charge is 0.166 e. The maximum absolute atomic E-state index is 6.39. The standard InChI is InChI=1S/C14H19NO2.ClH/c15-13(10-4-1-2-5-10)11-6-3-7-12-14(11)17-9-8-16-12;/h3,6-7,10,13H,1-2,4-5,8-9,15H2;1H/t13-;/m1./s1. The third-order valence-corrected chi connectivity index (χ3v) is 3.86. The third-order valence-electron chi connectivity index (χ3n) is 3.86. The first kappa shape index (κ1) is 13.5. The molecule has 1 heterocycles. The number of fused-ring (bicyclic) bond motifs is 1. The van der Waals surface area contributed by atoms with Gasteiger partial charge in [0.15, 0.2) is 11.5 Å². The van der Waals surface area contributed by atoms with Crippen LogP contribution in [0.2, 0.25) is 0 Å². The van der Waals surface area contributed by atoms with Crippen LogP contribution >= 0.6 is 12.4 Å². The Morgan fingerprint density at radius 3 is 2.61 bits per heavy atom. The van der Waals surface area contributed by atoms with Crippen molar-refractivity contribution in [2.75, 3.05) is 13.2 Å². The van der Waals surface area contributed by atoms with Gasteiger partial charge in [-0.2, -0.15) is 0 Å². The zero-order valence-corrected chi connectivity index (χ0v) is 11.2. The van der Waals surface area contributed by atoms with Gasteiger partial charge in [-0.1, -0.05) is 25.0 Å². The maximum Gasteiger partial charge on any atom is 0.166 e. The molecule has 1 aromatic rings. The summed E-state index contributed by atoms with van der Waals surface area (Å²) in [5.74, 6) is 2.33. The molecule has 0 bridgehead atoms. The van der Waals surface area contributed by atoms with Crippen LogP contribution in [0.15, 0.2) is 18.2 Å². The second-order valence-electron chi connectivity index (χ2n) is 4.94. The largest absolute Gasteiger partial charge is 0.486 e. The van der Waals surface area contributed by atoms with Crippen molar-refractivity contribution in [3.63, 3.8) is 0 Å². The van der Waals surface area contributed by atoms with Crippen molar-refractivity contribution in [3.05, 3.63) is 23.8 Å². The fourth-order valence-electron chi connectivity index (χ4n) is 2.93. The lowest BCUT2D eigenvalue weighted by Crippen LogP contribution is -2.23. The molecule has 1 atom stereocenters. The van der Waals surface area contributed by atoms with Crippen molar-refractivity contribution < 1.29 is 9.47 Å². The number of hydrogen-bond donors (Lipinski definition) is 1. The van der Waals surface area contributed by atoms with Gasteiger partial charge in [-0.25, -0.2) is 0 Å². The molecule has 2 aliphatic rings. The number of ether oxygens (including phenoxy) is 2. The molecule has 1 aromatic carbocycles. The fourth-order valence-corrected chi connectivity index (χ4v) is 2.93. The molecular formula is C14H20ClNO2. The minimum Gasteiger partial charge on any atom is -0.486 e. The average Bonchev–Trinajstić information content (AvgIpc) is 2.91. The van der Waals surface area contributed by atoms with Crippen molar-refractivity contribution in [3.8, 4) is 11.5 Å². The fraction of sp³-hybridized carbons (Fsp3) is 0.571. The molecule has 0 unspecified atom stereocenters. The summed E-state index contributed by atoms with van der Waals surface area (Å²) >= 11 is 0. The monoisotopic (exact) mass is 269 g/mol. The van der Waals surface area contributed by atoms with Crippen LogP contribution in [-0.4, -0.2) is 13.2 Å². The molecule has 1 aliphatic heterocycles. The molecule has 1 saturated carbocycles. The highest BCUT2D eigenvalue weighted by molar-refractivity contribution is 5.85. The average molecular weight is 270 g/mol. The van der Waals surface area contributed by atoms with E-state index in [1.165, 1.54) is 25.7 Å².